The molecule has 2 aliphatic heterocycles. The number of fused-ring (bicyclic) bond motifs is 2. The van der Waals surface area contributed by atoms with Crippen LogP contribution in [0.15, 0.2) is 10.9 Å². The predicted molar refractivity (Wildman–Crippen MR) is 97.8 cm³/mol. The highest BCUT2D eigenvalue weighted by Gasteiger charge is 2.35. The summed E-state index contributed by atoms with van der Waals surface area (Å²) < 4.78 is 7.19. The molecule has 134 valence electrons. The zero-order chi connectivity index (χ0) is 15.1. The highest BCUT2D eigenvalue weighted by molar-refractivity contribution is 7.16. The number of hydrogen-bond acceptors (Lipinski definition) is 7. The van der Waals surface area contributed by atoms with Crippen molar-refractivity contribution in [2.75, 3.05) is 26.2 Å². The first-order valence-electron chi connectivity index (χ1n) is 7.69. The number of halogens is 2. The number of likely N-dealkylation sites (tertiary alicyclic amines) is 1. The summed E-state index contributed by atoms with van der Waals surface area (Å²) in [5.41, 5.74) is 0.719. The number of morpholine rings is 1. The van der Waals surface area contributed by atoms with Crippen LogP contribution in [0.1, 0.15) is 17.6 Å². The molecule has 2 atom stereocenters. The first-order valence-corrected chi connectivity index (χ1v) is 8.50. The Kier molecular flexibility index (Phi) is 6.58. The molecule has 0 spiro atoms. The third-order valence-electron chi connectivity index (χ3n) is 4.21. The Morgan fingerprint density at radius 2 is 2.25 bits per heavy atom. The molecule has 0 aromatic carbocycles. The Bertz CT molecular complexity index is 738. The fourth-order valence-electron chi connectivity index (χ4n) is 3.15. The second-order valence-corrected chi connectivity index (χ2v) is 6.83. The fourth-order valence-corrected chi connectivity index (χ4v) is 4.01. The van der Waals surface area contributed by atoms with Crippen LogP contribution in [0.3, 0.4) is 0 Å². The van der Waals surface area contributed by atoms with E-state index in [1.165, 1.54) is 15.9 Å². The summed E-state index contributed by atoms with van der Waals surface area (Å²) in [6.07, 6.45) is 1.08. The number of aromatic nitrogens is 3. The summed E-state index contributed by atoms with van der Waals surface area (Å²) in [7, 11) is 0. The van der Waals surface area contributed by atoms with Crippen molar-refractivity contribution in [1.29, 1.82) is 0 Å². The molecule has 10 heteroatoms. The fraction of sp³-hybridized carbons (Fsp3) is 0.643. The molecular weight excluding hydrogens is 373 g/mol. The largest absolute Gasteiger partial charge is 0.374 e. The van der Waals surface area contributed by atoms with Crippen LogP contribution < -0.4 is 10.9 Å². The first kappa shape index (κ1) is 19.6. The lowest BCUT2D eigenvalue weighted by molar-refractivity contribution is 0.0175. The molecule has 1 N–H and O–H groups in total. The summed E-state index contributed by atoms with van der Waals surface area (Å²) in [6.45, 7) is 6.24. The molecule has 2 fully saturated rings. The van der Waals surface area contributed by atoms with Gasteiger partial charge in [-0.05, 0) is 6.42 Å². The SMILES string of the molecule is CCc1nn2c(=O)cc(CN3C[C@@H]4NCCO[C@H]4C3)nc2s1.Cl.Cl. The molecule has 24 heavy (non-hydrogen) atoms. The van der Waals surface area contributed by atoms with E-state index in [2.05, 4.69) is 20.3 Å². The van der Waals surface area contributed by atoms with Gasteiger partial charge < -0.3 is 10.1 Å². The topological polar surface area (TPSA) is 71.8 Å². The van der Waals surface area contributed by atoms with Crippen molar-refractivity contribution in [1.82, 2.24) is 24.8 Å². The van der Waals surface area contributed by atoms with E-state index >= 15 is 0 Å². The van der Waals surface area contributed by atoms with Gasteiger partial charge in [-0.15, -0.1) is 24.8 Å². The molecule has 2 aromatic heterocycles. The monoisotopic (exact) mass is 393 g/mol. The maximum Gasteiger partial charge on any atom is 0.275 e. The summed E-state index contributed by atoms with van der Waals surface area (Å²) >= 11 is 1.49. The Morgan fingerprint density at radius 3 is 3.00 bits per heavy atom. The van der Waals surface area contributed by atoms with Crippen LogP contribution in [0.4, 0.5) is 0 Å². The zero-order valence-corrected chi connectivity index (χ0v) is 15.8. The molecule has 2 saturated heterocycles. The van der Waals surface area contributed by atoms with Gasteiger partial charge in [0.15, 0.2) is 0 Å². The van der Waals surface area contributed by atoms with Crippen LogP contribution in [0.5, 0.6) is 0 Å². The van der Waals surface area contributed by atoms with Gasteiger partial charge in [0.25, 0.3) is 5.56 Å². The van der Waals surface area contributed by atoms with E-state index < -0.39 is 0 Å². The molecule has 2 aliphatic rings. The van der Waals surface area contributed by atoms with Crippen molar-refractivity contribution in [3.63, 3.8) is 0 Å². The van der Waals surface area contributed by atoms with Gasteiger partial charge in [-0.2, -0.15) is 9.61 Å². The zero-order valence-electron chi connectivity index (χ0n) is 13.3. The Morgan fingerprint density at radius 1 is 1.42 bits per heavy atom. The van der Waals surface area contributed by atoms with Gasteiger partial charge in [-0.1, -0.05) is 18.3 Å². The number of nitrogens with zero attached hydrogens (tertiary/aromatic N) is 4. The summed E-state index contributed by atoms with van der Waals surface area (Å²) in [5.74, 6) is 0. The Hall–Kier alpha value is -0.770. The van der Waals surface area contributed by atoms with Crippen LogP contribution in [-0.4, -0.2) is 57.9 Å². The predicted octanol–water partition coefficient (Wildman–Crippen LogP) is 0.730. The number of aryl methyl sites for hydroxylation is 1. The minimum Gasteiger partial charge on any atom is -0.374 e. The van der Waals surface area contributed by atoms with Crippen LogP contribution >= 0.6 is 36.2 Å². The Balaban J connectivity index is 0.00000104. The number of hydrogen-bond donors (Lipinski definition) is 1. The van der Waals surface area contributed by atoms with Gasteiger partial charge in [0.05, 0.1) is 18.4 Å². The van der Waals surface area contributed by atoms with Crippen molar-refractivity contribution in [3.05, 3.63) is 27.1 Å². The van der Waals surface area contributed by atoms with Crippen molar-refractivity contribution in [3.8, 4) is 0 Å². The van der Waals surface area contributed by atoms with Gasteiger partial charge in [0.1, 0.15) is 5.01 Å². The number of rotatable bonds is 3. The molecule has 0 saturated carbocycles. The standard InChI is InChI=1S/C14H19N5O2S.2ClH/c1-2-12-17-19-13(20)5-9(16-14(19)22-12)6-18-7-10-11(8-18)21-4-3-15-10;;/h5,10-11,15H,2-4,6-8H2,1H3;2*1H/t10-,11-;;/m0../s1. The van der Waals surface area contributed by atoms with Crippen LogP contribution in [0.25, 0.3) is 4.96 Å². The summed E-state index contributed by atoms with van der Waals surface area (Å²) in [5, 5.41) is 8.70. The minimum absolute atomic E-state index is 0. The molecule has 2 aromatic rings. The van der Waals surface area contributed by atoms with Gasteiger partial charge in [0.2, 0.25) is 4.96 Å². The van der Waals surface area contributed by atoms with E-state index in [-0.39, 0.29) is 36.5 Å². The van der Waals surface area contributed by atoms with E-state index in [4.69, 9.17) is 4.74 Å². The maximum absolute atomic E-state index is 12.2. The van der Waals surface area contributed by atoms with Gasteiger partial charge in [-0.25, -0.2) is 4.98 Å². The van der Waals surface area contributed by atoms with Crippen LogP contribution in [0.2, 0.25) is 0 Å². The lowest BCUT2D eigenvalue weighted by Gasteiger charge is -2.25. The molecule has 0 bridgehead atoms. The highest BCUT2D eigenvalue weighted by Crippen LogP contribution is 2.18. The van der Waals surface area contributed by atoms with Crippen molar-refractivity contribution >= 4 is 41.1 Å². The van der Waals surface area contributed by atoms with E-state index in [0.717, 1.165) is 43.4 Å². The number of nitrogens with one attached hydrogen (secondary N) is 1. The van der Waals surface area contributed by atoms with Crippen molar-refractivity contribution in [2.24, 2.45) is 0 Å². The minimum atomic E-state index is -0.0954. The first-order chi connectivity index (χ1) is 10.7. The third kappa shape index (κ3) is 3.74. The molecule has 4 rings (SSSR count). The molecule has 0 radical (unpaired) electrons. The molecule has 7 nitrogen and oxygen atoms in total. The lowest BCUT2D eigenvalue weighted by Crippen LogP contribution is -2.47. The van der Waals surface area contributed by atoms with E-state index in [1.54, 1.807) is 6.07 Å². The Labute approximate surface area is 156 Å². The average Bonchev–Trinajstić information content (AvgIpc) is 3.10. The molecule has 0 amide bonds. The van der Waals surface area contributed by atoms with Crippen molar-refractivity contribution < 1.29 is 4.74 Å². The molecule has 0 aliphatic carbocycles. The normalized spacial score (nSPS) is 23.5. The third-order valence-corrected chi connectivity index (χ3v) is 5.26. The average molecular weight is 394 g/mol. The summed E-state index contributed by atoms with van der Waals surface area (Å²) in [4.78, 5) is 19.8. The maximum atomic E-state index is 12.2. The van der Waals surface area contributed by atoms with Gasteiger partial charge >= 0.3 is 0 Å². The van der Waals surface area contributed by atoms with Gasteiger partial charge in [0, 0.05) is 38.3 Å². The quantitative estimate of drug-likeness (QED) is 0.828. The van der Waals surface area contributed by atoms with Gasteiger partial charge in [-0.3, -0.25) is 9.69 Å². The van der Waals surface area contributed by atoms with E-state index in [0.29, 0.717) is 17.5 Å². The second-order valence-electron chi connectivity index (χ2n) is 5.79. The van der Waals surface area contributed by atoms with Crippen molar-refractivity contribution in [2.45, 2.75) is 32.0 Å². The molecular formula is C14H21Cl2N5O2S. The molecule has 0 unspecified atom stereocenters. The second kappa shape index (κ2) is 8.07. The van der Waals surface area contributed by atoms with Crippen LogP contribution in [0, 0.1) is 0 Å². The van der Waals surface area contributed by atoms with Crippen LogP contribution in [-0.2, 0) is 17.7 Å². The van der Waals surface area contributed by atoms with E-state index in [1.807, 2.05) is 6.92 Å². The lowest BCUT2D eigenvalue weighted by atomic mass is 10.2. The highest BCUT2D eigenvalue weighted by atomic mass is 35.5. The van der Waals surface area contributed by atoms with E-state index in [9.17, 15) is 4.79 Å². The smallest absolute Gasteiger partial charge is 0.275 e. The number of ether oxygens (including phenoxy) is 1. The molecule has 4 heterocycles. The summed E-state index contributed by atoms with van der Waals surface area (Å²) in [6, 6.07) is 2.00.